The zero-order valence-electron chi connectivity index (χ0n) is 15.2. The van der Waals surface area contributed by atoms with E-state index in [0.29, 0.717) is 26.8 Å². The second-order valence-corrected chi connectivity index (χ2v) is 8.12. The maximum Gasteiger partial charge on any atom is 0.264 e. The Labute approximate surface area is 170 Å². The van der Waals surface area contributed by atoms with E-state index < -0.39 is 0 Å². The number of rotatable bonds is 4. The van der Waals surface area contributed by atoms with E-state index in [1.54, 1.807) is 18.2 Å². The number of halogens is 1. The quantitative estimate of drug-likeness (QED) is 0.676. The molecule has 0 radical (unpaired) electrons. The highest BCUT2D eigenvalue weighted by Gasteiger charge is 2.24. The van der Waals surface area contributed by atoms with Gasteiger partial charge >= 0.3 is 0 Å². The van der Waals surface area contributed by atoms with Crippen molar-refractivity contribution in [2.45, 2.75) is 20.4 Å². The molecule has 1 fully saturated rings. The van der Waals surface area contributed by atoms with Gasteiger partial charge in [-0.25, -0.2) is 0 Å². The molecule has 0 aliphatic carbocycles. The number of carbonyl (C=O) groups is 1. The van der Waals surface area contributed by atoms with Gasteiger partial charge < -0.3 is 15.2 Å². The number of aromatic hydroxyl groups is 1. The summed E-state index contributed by atoms with van der Waals surface area (Å²) >= 11 is 4.58. The minimum Gasteiger partial charge on any atom is -0.503 e. The number of amidine groups is 1. The Morgan fingerprint density at radius 1 is 1.22 bits per heavy atom. The fraction of sp³-hybridized carbons (Fsp3) is 0.200. The first-order valence-corrected chi connectivity index (χ1v) is 9.85. The lowest BCUT2D eigenvalue weighted by molar-refractivity contribution is -0.115. The maximum absolute atomic E-state index is 12.2. The summed E-state index contributed by atoms with van der Waals surface area (Å²) in [5.74, 6) is 0.171. The van der Waals surface area contributed by atoms with Gasteiger partial charge in [0.2, 0.25) is 0 Å². The van der Waals surface area contributed by atoms with Crippen LogP contribution in [0.1, 0.15) is 22.3 Å². The third-order valence-corrected chi connectivity index (χ3v) is 5.46. The summed E-state index contributed by atoms with van der Waals surface area (Å²) < 4.78 is 5.65. The molecule has 7 heteroatoms. The third kappa shape index (κ3) is 4.73. The van der Waals surface area contributed by atoms with E-state index in [9.17, 15) is 9.90 Å². The molecule has 5 nitrogen and oxygen atoms in total. The van der Waals surface area contributed by atoms with E-state index >= 15 is 0 Å². The third-order valence-electron chi connectivity index (χ3n) is 3.91. The molecule has 0 bridgehead atoms. The van der Waals surface area contributed by atoms with Crippen LogP contribution in [0.15, 0.2) is 44.7 Å². The van der Waals surface area contributed by atoms with E-state index in [-0.39, 0.29) is 11.7 Å². The highest BCUT2D eigenvalue weighted by atomic mass is 79.9. The molecule has 0 spiro atoms. The summed E-state index contributed by atoms with van der Waals surface area (Å²) in [6.45, 7) is 4.62. The number of amides is 1. The fourth-order valence-corrected chi connectivity index (χ4v) is 4.09. The highest BCUT2D eigenvalue weighted by Crippen LogP contribution is 2.37. The predicted molar refractivity (Wildman–Crippen MR) is 113 cm³/mol. The van der Waals surface area contributed by atoms with Crippen LogP contribution < -0.4 is 10.1 Å². The molecule has 27 heavy (non-hydrogen) atoms. The number of hydrogen-bond acceptors (Lipinski definition) is 5. The van der Waals surface area contributed by atoms with Crippen LogP contribution in [0.2, 0.25) is 0 Å². The van der Waals surface area contributed by atoms with Crippen molar-refractivity contribution in [2.24, 2.45) is 4.99 Å². The lowest BCUT2D eigenvalue weighted by Gasteiger charge is -2.06. The van der Waals surface area contributed by atoms with Crippen LogP contribution in [-0.4, -0.2) is 23.3 Å². The summed E-state index contributed by atoms with van der Waals surface area (Å²) in [5, 5.41) is 13.3. The molecule has 2 N–H and O–H groups in total. The SMILES string of the molecule is COc1cc(/C=C2\SC(=NCc3cc(C)cc(C)c3)NC2=O)cc(Br)c1O. The van der Waals surface area contributed by atoms with Crippen molar-refractivity contribution in [3.05, 3.63) is 62.0 Å². The second-order valence-electron chi connectivity index (χ2n) is 6.24. The molecule has 0 unspecified atom stereocenters. The van der Waals surface area contributed by atoms with Crippen LogP contribution >= 0.6 is 27.7 Å². The van der Waals surface area contributed by atoms with Gasteiger partial charge in [0.05, 0.1) is 23.0 Å². The van der Waals surface area contributed by atoms with E-state index in [4.69, 9.17) is 4.74 Å². The molecule has 0 saturated carbocycles. The topological polar surface area (TPSA) is 70.9 Å². The van der Waals surface area contributed by atoms with Crippen molar-refractivity contribution in [3.63, 3.8) is 0 Å². The van der Waals surface area contributed by atoms with Gasteiger partial charge in [0, 0.05) is 0 Å². The Morgan fingerprint density at radius 3 is 2.59 bits per heavy atom. The number of aryl methyl sites for hydroxylation is 2. The van der Waals surface area contributed by atoms with E-state index in [2.05, 4.69) is 58.3 Å². The zero-order valence-corrected chi connectivity index (χ0v) is 17.6. The van der Waals surface area contributed by atoms with Crippen LogP contribution in [0.4, 0.5) is 0 Å². The van der Waals surface area contributed by atoms with Crippen molar-refractivity contribution in [1.82, 2.24) is 5.32 Å². The number of thioether (sulfide) groups is 1. The molecule has 140 valence electrons. The number of aliphatic imine (C=N–C) groups is 1. The molecular formula is C20H19BrN2O3S. The molecule has 1 heterocycles. The number of benzene rings is 2. The normalized spacial score (nSPS) is 16.8. The molecule has 3 rings (SSSR count). The second kappa shape index (κ2) is 8.19. The Morgan fingerprint density at radius 2 is 1.93 bits per heavy atom. The van der Waals surface area contributed by atoms with Gasteiger partial charge in [0.1, 0.15) is 0 Å². The lowest BCUT2D eigenvalue weighted by Crippen LogP contribution is -2.19. The van der Waals surface area contributed by atoms with Gasteiger partial charge in [-0.05, 0) is 70.9 Å². The average Bonchev–Trinajstić information content (AvgIpc) is 2.95. The first-order valence-electron chi connectivity index (χ1n) is 8.24. The number of methoxy groups -OCH3 is 1. The monoisotopic (exact) mass is 446 g/mol. The minimum atomic E-state index is -0.192. The number of phenolic OH excluding ortho intramolecular Hbond substituents is 1. The van der Waals surface area contributed by atoms with Gasteiger partial charge in [0.15, 0.2) is 16.7 Å². The van der Waals surface area contributed by atoms with Gasteiger partial charge in [-0.2, -0.15) is 0 Å². The van der Waals surface area contributed by atoms with E-state index in [1.807, 2.05) is 0 Å². The van der Waals surface area contributed by atoms with E-state index in [1.165, 1.54) is 30.0 Å². The maximum atomic E-state index is 12.2. The van der Waals surface area contributed by atoms with Crippen molar-refractivity contribution in [3.8, 4) is 11.5 Å². The number of ether oxygens (including phenoxy) is 1. The van der Waals surface area contributed by atoms with Crippen LogP contribution in [0, 0.1) is 13.8 Å². The molecule has 1 amide bonds. The Bertz CT molecular complexity index is 950. The van der Waals surface area contributed by atoms with Gasteiger partial charge in [0.25, 0.3) is 5.91 Å². The molecule has 0 aromatic heterocycles. The van der Waals surface area contributed by atoms with Crippen molar-refractivity contribution >= 4 is 44.8 Å². The van der Waals surface area contributed by atoms with Crippen LogP contribution in [0.5, 0.6) is 11.5 Å². The molecule has 1 saturated heterocycles. The first kappa shape index (κ1) is 19.5. The summed E-state index contributed by atoms with van der Waals surface area (Å²) in [4.78, 5) is 17.3. The predicted octanol–water partition coefficient (Wildman–Crippen LogP) is 4.54. The highest BCUT2D eigenvalue weighted by molar-refractivity contribution is 9.10. The first-order chi connectivity index (χ1) is 12.9. The van der Waals surface area contributed by atoms with Crippen LogP contribution in [0.25, 0.3) is 6.08 Å². The molecule has 1 aliphatic heterocycles. The zero-order chi connectivity index (χ0) is 19.6. The molecule has 2 aromatic carbocycles. The van der Waals surface area contributed by atoms with Gasteiger partial charge in [-0.1, -0.05) is 29.3 Å². The number of carbonyl (C=O) groups excluding carboxylic acids is 1. The molecule has 1 aliphatic rings. The largest absolute Gasteiger partial charge is 0.503 e. The number of hydrogen-bond donors (Lipinski definition) is 2. The summed E-state index contributed by atoms with van der Waals surface area (Å²) in [5.41, 5.74) is 4.24. The summed E-state index contributed by atoms with van der Waals surface area (Å²) in [6, 6.07) is 9.70. The molecule has 0 atom stereocenters. The molecular weight excluding hydrogens is 428 g/mol. The summed E-state index contributed by atoms with van der Waals surface area (Å²) in [6.07, 6.45) is 1.74. The van der Waals surface area contributed by atoms with Crippen molar-refractivity contribution < 1.29 is 14.6 Å². The van der Waals surface area contributed by atoms with Gasteiger partial charge in [-0.15, -0.1) is 0 Å². The number of nitrogens with zero attached hydrogens (tertiary/aromatic N) is 1. The van der Waals surface area contributed by atoms with Gasteiger partial charge in [-0.3, -0.25) is 9.79 Å². The minimum absolute atomic E-state index is 0.0267. The number of phenols is 1. The summed E-state index contributed by atoms with van der Waals surface area (Å²) in [7, 11) is 1.48. The van der Waals surface area contributed by atoms with Crippen molar-refractivity contribution in [1.29, 1.82) is 0 Å². The molecule has 2 aromatic rings. The van der Waals surface area contributed by atoms with Crippen LogP contribution in [0.3, 0.4) is 0 Å². The lowest BCUT2D eigenvalue weighted by atomic mass is 10.1. The average molecular weight is 447 g/mol. The fourth-order valence-electron chi connectivity index (χ4n) is 2.81. The standard InChI is InChI=1S/C20H19BrN2O3S/c1-11-4-12(2)6-14(5-11)10-22-20-23-19(25)17(27-20)9-13-7-15(21)18(24)16(8-13)26-3/h4-9,24H,10H2,1-3H3,(H,22,23,25)/b17-9-. The van der Waals surface area contributed by atoms with E-state index in [0.717, 1.165) is 11.1 Å². The Hall–Kier alpha value is -2.25. The smallest absolute Gasteiger partial charge is 0.264 e. The Balaban J connectivity index is 1.79. The van der Waals surface area contributed by atoms with Crippen molar-refractivity contribution in [2.75, 3.05) is 7.11 Å². The number of nitrogens with one attached hydrogen (secondary N) is 1. The van der Waals surface area contributed by atoms with Crippen LogP contribution in [-0.2, 0) is 11.3 Å². The Kier molecular flexibility index (Phi) is 5.92.